The van der Waals surface area contributed by atoms with Crippen molar-refractivity contribution in [3.05, 3.63) is 39.9 Å². The third kappa shape index (κ3) is 2.70. The van der Waals surface area contributed by atoms with E-state index in [1.165, 1.54) is 40.2 Å². The van der Waals surface area contributed by atoms with Crippen LogP contribution in [0.25, 0.3) is 0 Å². The maximum Gasteiger partial charge on any atom is 0.190 e. The molecule has 112 valence electrons. The molecule has 1 heterocycles. The summed E-state index contributed by atoms with van der Waals surface area (Å²) in [5.41, 5.74) is 5.14. The zero-order valence-corrected chi connectivity index (χ0v) is 14.0. The molecule has 1 aliphatic rings. The molecule has 0 saturated carbocycles. The van der Waals surface area contributed by atoms with Crippen molar-refractivity contribution in [1.82, 2.24) is 10.3 Å². The van der Waals surface area contributed by atoms with Crippen LogP contribution in [0.1, 0.15) is 40.6 Å². The van der Waals surface area contributed by atoms with E-state index in [0.29, 0.717) is 6.04 Å². The molecule has 1 atom stereocenters. The van der Waals surface area contributed by atoms with Gasteiger partial charge in [0.15, 0.2) is 5.13 Å². The lowest BCUT2D eigenvalue weighted by Gasteiger charge is -2.20. The van der Waals surface area contributed by atoms with Crippen LogP contribution < -0.4 is 10.2 Å². The molecule has 1 unspecified atom stereocenters. The van der Waals surface area contributed by atoms with E-state index in [9.17, 15) is 0 Å². The first-order valence-electron chi connectivity index (χ1n) is 7.58. The van der Waals surface area contributed by atoms with Crippen LogP contribution in [0.15, 0.2) is 18.2 Å². The second-order valence-electron chi connectivity index (χ2n) is 5.89. The van der Waals surface area contributed by atoms with Gasteiger partial charge in [0.25, 0.3) is 0 Å². The number of aromatic nitrogens is 1. The Morgan fingerprint density at radius 3 is 2.86 bits per heavy atom. The number of thiazole rings is 1. The predicted octanol–water partition coefficient (Wildman–Crippen LogP) is 4.12. The van der Waals surface area contributed by atoms with E-state index >= 15 is 0 Å². The minimum atomic E-state index is 0.479. The summed E-state index contributed by atoms with van der Waals surface area (Å²) < 4.78 is 0. The smallest absolute Gasteiger partial charge is 0.190 e. The summed E-state index contributed by atoms with van der Waals surface area (Å²) in [5, 5.41) is 4.53. The Bertz CT molecular complexity index is 647. The van der Waals surface area contributed by atoms with Gasteiger partial charge in [0.1, 0.15) is 0 Å². The number of nitrogens with zero attached hydrogens (tertiary/aromatic N) is 2. The highest BCUT2D eigenvalue weighted by molar-refractivity contribution is 7.15. The Kier molecular flexibility index (Phi) is 4.00. The van der Waals surface area contributed by atoms with E-state index in [2.05, 4.69) is 49.3 Å². The molecule has 0 radical (unpaired) electrons. The summed E-state index contributed by atoms with van der Waals surface area (Å²) in [7, 11) is 4.17. The van der Waals surface area contributed by atoms with Crippen LogP contribution in [0.4, 0.5) is 10.8 Å². The lowest BCUT2D eigenvalue weighted by atomic mass is 9.98. The predicted molar refractivity (Wildman–Crippen MR) is 90.8 cm³/mol. The van der Waals surface area contributed by atoms with Gasteiger partial charge in [0, 0.05) is 23.7 Å². The maximum atomic E-state index is 4.89. The molecule has 1 aromatic heterocycles. The van der Waals surface area contributed by atoms with E-state index in [1.807, 2.05) is 18.4 Å². The molecule has 21 heavy (non-hydrogen) atoms. The molecule has 1 aliphatic carbocycles. The van der Waals surface area contributed by atoms with Gasteiger partial charge in [-0.3, -0.25) is 0 Å². The summed E-state index contributed by atoms with van der Waals surface area (Å²) in [6.07, 6.45) is 3.57. The van der Waals surface area contributed by atoms with Gasteiger partial charge in [0.05, 0.1) is 5.69 Å². The van der Waals surface area contributed by atoms with Gasteiger partial charge in [-0.05, 0) is 51.8 Å². The molecule has 3 rings (SSSR count). The molecule has 1 N–H and O–H groups in total. The van der Waals surface area contributed by atoms with Crippen LogP contribution in [0.5, 0.6) is 0 Å². The zero-order valence-electron chi connectivity index (χ0n) is 13.2. The number of anilines is 2. The van der Waals surface area contributed by atoms with Crippen LogP contribution in [-0.4, -0.2) is 19.1 Å². The second-order valence-corrected chi connectivity index (χ2v) is 6.90. The average Bonchev–Trinajstić information content (AvgIpc) is 2.90. The highest BCUT2D eigenvalue weighted by Crippen LogP contribution is 2.39. The first kappa shape index (κ1) is 14.5. The Morgan fingerprint density at radius 1 is 1.33 bits per heavy atom. The number of hydrogen-bond acceptors (Lipinski definition) is 4. The van der Waals surface area contributed by atoms with Crippen molar-refractivity contribution >= 4 is 22.2 Å². The summed E-state index contributed by atoms with van der Waals surface area (Å²) in [6, 6.07) is 7.08. The van der Waals surface area contributed by atoms with E-state index in [0.717, 1.165) is 11.6 Å². The van der Waals surface area contributed by atoms with E-state index < -0.39 is 0 Å². The normalized spacial score (nSPS) is 17.6. The van der Waals surface area contributed by atoms with Gasteiger partial charge in [-0.2, -0.15) is 0 Å². The highest BCUT2D eigenvalue weighted by atomic mass is 32.1. The summed E-state index contributed by atoms with van der Waals surface area (Å²) >= 11 is 1.84. The van der Waals surface area contributed by atoms with Gasteiger partial charge in [-0.15, -0.1) is 0 Å². The lowest BCUT2D eigenvalue weighted by molar-refractivity contribution is 0.501. The fraction of sp³-hybridized carbons (Fsp3) is 0.471. The number of fused-ring (bicyclic) bond motifs is 1. The SMILES string of the molecule is CNC1CCCc2nc(N(C)c3ccc(C)cc3C)sc21. The van der Waals surface area contributed by atoms with Crippen molar-refractivity contribution in [2.75, 3.05) is 19.0 Å². The molecule has 0 bridgehead atoms. The third-order valence-electron chi connectivity index (χ3n) is 4.29. The molecule has 0 saturated heterocycles. The van der Waals surface area contributed by atoms with Crippen molar-refractivity contribution in [3.8, 4) is 0 Å². The largest absolute Gasteiger partial charge is 0.321 e. The van der Waals surface area contributed by atoms with Crippen molar-refractivity contribution in [2.45, 2.75) is 39.2 Å². The minimum Gasteiger partial charge on any atom is -0.321 e. The maximum absolute atomic E-state index is 4.89. The van der Waals surface area contributed by atoms with Gasteiger partial charge < -0.3 is 10.2 Å². The first-order chi connectivity index (χ1) is 10.1. The molecular formula is C17H23N3S. The fourth-order valence-electron chi connectivity index (χ4n) is 3.11. The summed E-state index contributed by atoms with van der Waals surface area (Å²) in [4.78, 5) is 8.55. The van der Waals surface area contributed by atoms with E-state index in [-0.39, 0.29) is 0 Å². The van der Waals surface area contributed by atoms with Crippen molar-refractivity contribution in [2.24, 2.45) is 0 Å². The molecular weight excluding hydrogens is 278 g/mol. The molecule has 0 aliphatic heterocycles. The van der Waals surface area contributed by atoms with Crippen molar-refractivity contribution < 1.29 is 0 Å². The first-order valence-corrected chi connectivity index (χ1v) is 8.39. The number of benzene rings is 1. The molecule has 0 spiro atoms. The van der Waals surface area contributed by atoms with E-state index in [4.69, 9.17) is 4.98 Å². The number of rotatable bonds is 3. The summed E-state index contributed by atoms with van der Waals surface area (Å²) in [5.74, 6) is 0. The molecule has 3 nitrogen and oxygen atoms in total. The van der Waals surface area contributed by atoms with Crippen LogP contribution >= 0.6 is 11.3 Å². The van der Waals surface area contributed by atoms with Gasteiger partial charge in [-0.25, -0.2) is 4.98 Å². The number of aryl methyl sites for hydroxylation is 3. The molecule has 1 aromatic carbocycles. The monoisotopic (exact) mass is 301 g/mol. The highest BCUT2D eigenvalue weighted by Gasteiger charge is 2.24. The van der Waals surface area contributed by atoms with Crippen LogP contribution in [0, 0.1) is 13.8 Å². The molecule has 0 fully saturated rings. The average molecular weight is 301 g/mol. The Morgan fingerprint density at radius 2 is 2.14 bits per heavy atom. The Labute approximate surface area is 131 Å². The van der Waals surface area contributed by atoms with Gasteiger partial charge in [-0.1, -0.05) is 29.0 Å². The van der Waals surface area contributed by atoms with Crippen LogP contribution in [0.3, 0.4) is 0 Å². The molecule has 2 aromatic rings. The standard InChI is InChI=1S/C17H23N3S/c1-11-8-9-15(12(2)10-11)20(4)17-19-14-7-5-6-13(18-3)16(14)21-17/h8-10,13,18H,5-7H2,1-4H3. The summed E-state index contributed by atoms with van der Waals surface area (Å²) in [6.45, 7) is 4.30. The second kappa shape index (κ2) is 5.78. The van der Waals surface area contributed by atoms with Crippen LogP contribution in [-0.2, 0) is 6.42 Å². The lowest BCUT2D eigenvalue weighted by Crippen LogP contribution is -2.19. The third-order valence-corrected chi connectivity index (χ3v) is 5.58. The molecule has 0 amide bonds. The van der Waals surface area contributed by atoms with Crippen molar-refractivity contribution in [1.29, 1.82) is 0 Å². The zero-order chi connectivity index (χ0) is 15.0. The van der Waals surface area contributed by atoms with E-state index in [1.54, 1.807) is 0 Å². The number of nitrogens with one attached hydrogen (secondary N) is 1. The minimum absolute atomic E-state index is 0.479. The topological polar surface area (TPSA) is 28.2 Å². The van der Waals surface area contributed by atoms with Crippen molar-refractivity contribution in [3.63, 3.8) is 0 Å². The quantitative estimate of drug-likeness (QED) is 0.924. The number of hydrogen-bond donors (Lipinski definition) is 1. The Hall–Kier alpha value is -1.39. The molecule has 4 heteroatoms. The fourth-order valence-corrected chi connectivity index (χ4v) is 4.34. The van der Waals surface area contributed by atoms with Gasteiger partial charge >= 0.3 is 0 Å². The van der Waals surface area contributed by atoms with Gasteiger partial charge in [0.2, 0.25) is 0 Å². The van der Waals surface area contributed by atoms with Crippen LogP contribution in [0.2, 0.25) is 0 Å². The Balaban J connectivity index is 1.95.